The van der Waals surface area contributed by atoms with Crippen molar-refractivity contribution in [1.29, 1.82) is 0 Å². The number of nitrogens with one attached hydrogen (secondary N) is 1. The summed E-state index contributed by atoms with van der Waals surface area (Å²) in [6, 6.07) is 0.688. The molecule has 1 heterocycles. The van der Waals surface area contributed by atoms with Crippen LogP contribution in [0.5, 0.6) is 0 Å². The van der Waals surface area contributed by atoms with Crippen LogP contribution in [0.4, 0.5) is 5.82 Å². The lowest BCUT2D eigenvalue weighted by molar-refractivity contribution is 0.669. The summed E-state index contributed by atoms with van der Waals surface area (Å²) in [6.45, 7) is 4.43. The monoisotopic (exact) mass is 244 g/mol. The highest BCUT2D eigenvalue weighted by Crippen LogP contribution is 2.19. The molecular weight excluding hydrogens is 224 g/mol. The molecule has 0 radical (unpaired) electrons. The Hall–Kier alpha value is -1.60. The van der Waals surface area contributed by atoms with Gasteiger partial charge >= 0.3 is 0 Å². The maximum absolute atomic E-state index is 5.39. The van der Waals surface area contributed by atoms with Crippen molar-refractivity contribution in [3.05, 3.63) is 18.1 Å². The summed E-state index contributed by atoms with van der Waals surface area (Å²) in [6.07, 6.45) is 12.6. The van der Waals surface area contributed by atoms with Crippen molar-refractivity contribution in [3.63, 3.8) is 0 Å². The first-order valence-electron chi connectivity index (χ1n) is 6.56. The van der Waals surface area contributed by atoms with Crippen molar-refractivity contribution < 1.29 is 0 Å². The molecule has 0 unspecified atom stereocenters. The minimum absolute atomic E-state index is 0.585. The molecule has 1 aromatic rings. The molecule has 1 aliphatic carbocycles. The molecule has 18 heavy (non-hydrogen) atoms. The second-order valence-corrected chi connectivity index (χ2v) is 4.65. The van der Waals surface area contributed by atoms with Crippen molar-refractivity contribution in [2.24, 2.45) is 0 Å². The second-order valence-electron chi connectivity index (χ2n) is 4.65. The van der Waals surface area contributed by atoms with Crippen LogP contribution in [0.25, 0.3) is 0 Å². The SMILES string of the molecule is C#CCN(CCC)c1cncc(CNC2CC2)n1. The van der Waals surface area contributed by atoms with Crippen LogP contribution < -0.4 is 10.2 Å². The van der Waals surface area contributed by atoms with Gasteiger partial charge < -0.3 is 10.2 Å². The Kier molecular flexibility index (Phi) is 4.54. The van der Waals surface area contributed by atoms with Gasteiger partial charge in [0.1, 0.15) is 5.82 Å². The predicted molar refractivity (Wildman–Crippen MR) is 73.2 cm³/mol. The Balaban J connectivity index is 2.01. The fraction of sp³-hybridized carbons (Fsp3) is 0.571. The van der Waals surface area contributed by atoms with Crippen LogP contribution in [0.2, 0.25) is 0 Å². The average molecular weight is 244 g/mol. The summed E-state index contributed by atoms with van der Waals surface area (Å²) in [5, 5.41) is 3.44. The van der Waals surface area contributed by atoms with Gasteiger partial charge in [0.2, 0.25) is 0 Å². The number of nitrogens with zero attached hydrogens (tertiary/aromatic N) is 3. The van der Waals surface area contributed by atoms with E-state index in [0.29, 0.717) is 12.6 Å². The van der Waals surface area contributed by atoms with E-state index in [1.165, 1.54) is 12.8 Å². The van der Waals surface area contributed by atoms with Crippen molar-refractivity contribution in [2.75, 3.05) is 18.0 Å². The highest BCUT2D eigenvalue weighted by molar-refractivity contribution is 5.38. The molecule has 0 spiro atoms. The first-order chi connectivity index (χ1) is 8.83. The third-order valence-electron chi connectivity index (χ3n) is 2.92. The van der Waals surface area contributed by atoms with Gasteiger partial charge in [-0.2, -0.15) is 0 Å². The van der Waals surface area contributed by atoms with E-state index in [1.807, 2.05) is 6.20 Å². The third kappa shape index (κ3) is 3.71. The lowest BCUT2D eigenvalue weighted by atomic mass is 10.3. The molecule has 0 amide bonds. The molecule has 1 N–H and O–H groups in total. The van der Waals surface area contributed by atoms with E-state index in [0.717, 1.165) is 31.0 Å². The maximum Gasteiger partial charge on any atom is 0.148 e. The smallest absolute Gasteiger partial charge is 0.148 e. The Labute approximate surface area is 109 Å². The van der Waals surface area contributed by atoms with E-state index in [9.17, 15) is 0 Å². The molecule has 1 saturated carbocycles. The van der Waals surface area contributed by atoms with Gasteiger partial charge in [0.25, 0.3) is 0 Å². The van der Waals surface area contributed by atoms with Crippen LogP contribution in [-0.4, -0.2) is 29.1 Å². The van der Waals surface area contributed by atoms with Crippen LogP contribution in [-0.2, 0) is 6.54 Å². The van der Waals surface area contributed by atoms with Crippen LogP contribution in [0.15, 0.2) is 12.4 Å². The van der Waals surface area contributed by atoms with Crippen LogP contribution >= 0.6 is 0 Å². The zero-order chi connectivity index (χ0) is 12.8. The number of terminal acetylenes is 1. The topological polar surface area (TPSA) is 41.1 Å². The Morgan fingerprint density at radius 3 is 3.00 bits per heavy atom. The van der Waals surface area contributed by atoms with E-state index in [2.05, 4.69) is 33.0 Å². The molecule has 4 heteroatoms. The van der Waals surface area contributed by atoms with E-state index in [4.69, 9.17) is 6.42 Å². The average Bonchev–Trinajstić information content (AvgIpc) is 3.21. The first kappa shape index (κ1) is 12.8. The van der Waals surface area contributed by atoms with E-state index >= 15 is 0 Å². The first-order valence-corrected chi connectivity index (χ1v) is 6.56. The normalized spacial score (nSPS) is 14.2. The molecule has 0 aliphatic heterocycles. The summed E-state index contributed by atoms with van der Waals surface area (Å²) >= 11 is 0. The lowest BCUT2D eigenvalue weighted by Gasteiger charge is -2.20. The summed E-state index contributed by atoms with van der Waals surface area (Å²) < 4.78 is 0. The molecule has 1 fully saturated rings. The van der Waals surface area contributed by atoms with E-state index in [1.54, 1.807) is 6.20 Å². The number of hydrogen-bond acceptors (Lipinski definition) is 4. The molecule has 96 valence electrons. The minimum Gasteiger partial charge on any atom is -0.344 e. The van der Waals surface area contributed by atoms with Gasteiger partial charge in [-0.25, -0.2) is 4.98 Å². The molecule has 4 nitrogen and oxygen atoms in total. The zero-order valence-electron chi connectivity index (χ0n) is 10.9. The van der Waals surface area contributed by atoms with Crippen molar-refractivity contribution in [2.45, 2.75) is 38.8 Å². The number of anilines is 1. The van der Waals surface area contributed by atoms with Gasteiger partial charge in [0.05, 0.1) is 18.4 Å². The summed E-state index contributed by atoms with van der Waals surface area (Å²) in [5.41, 5.74) is 0.984. The van der Waals surface area contributed by atoms with Crippen molar-refractivity contribution >= 4 is 5.82 Å². The van der Waals surface area contributed by atoms with Crippen LogP contribution in [0.1, 0.15) is 31.9 Å². The Morgan fingerprint density at radius 2 is 2.33 bits per heavy atom. The molecule has 0 bridgehead atoms. The molecule has 2 rings (SSSR count). The summed E-state index contributed by atoms with van der Waals surface area (Å²) in [5.74, 6) is 3.55. The molecule has 0 aromatic carbocycles. The van der Waals surface area contributed by atoms with Gasteiger partial charge in [-0.1, -0.05) is 12.8 Å². The fourth-order valence-corrected chi connectivity index (χ4v) is 1.82. The highest BCUT2D eigenvalue weighted by Gasteiger charge is 2.20. The van der Waals surface area contributed by atoms with Crippen molar-refractivity contribution in [3.8, 4) is 12.3 Å². The van der Waals surface area contributed by atoms with Gasteiger partial charge in [-0.3, -0.25) is 4.98 Å². The molecule has 1 aliphatic rings. The summed E-state index contributed by atoms with van der Waals surface area (Å²) in [7, 11) is 0. The summed E-state index contributed by atoms with van der Waals surface area (Å²) in [4.78, 5) is 11.0. The van der Waals surface area contributed by atoms with Crippen LogP contribution in [0, 0.1) is 12.3 Å². The highest BCUT2D eigenvalue weighted by atomic mass is 15.2. The zero-order valence-corrected chi connectivity index (χ0v) is 10.9. The van der Waals surface area contributed by atoms with Gasteiger partial charge in [0.15, 0.2) is 0 Å². The third-order valence-corrected chi connectivity index (χ3v) is 2.92. The molecule has 0 saturated heterocycles. The minimum atomic E-state index is 0.585. The van der Waals surface area contributed by atoms with Crippen LogP contribution in [0.3, 0.4) is 0 Å². The Morgan fingerprint density at radius 1 is 1.50 bits per heavy atom. The standard InChI is InChI=1S/C14H20N4/c1-3-7-18(8-4-2)14-11-15-9-13(17-14)10-16-12-5-6-12/h1,9,11-12,16H,4-8,10H2,2H3. The number of aromatic nitrogens is 2. The van der Waals surface area contributed by atoms with Crippen molar-refractivity contribution in [1.82, 2.24) is 15.3 Å². The second kappa shape index (κ2) is 6.36. The van der Waals surface area contributed by atoms with Gasteiger partial charge in [-0.05, 0) is 19.3 Å². The quantitative estimate of drug-likeness (QED) is 0.739. The van der Waals surface area contributed by atoms with Gasteiger partial charge in [0, 0.05) is 25.3 Å². The van der Waals surface area contributed by atoms with E-state index < -0.39 is 0 Å². The number of hydrogen-bond donors (Lipinski definition) is 1. The van der Waals surface area contributed by atoms with E-state index in [-0.39, 0.29) is 0 Å². The fourth-order valence-electron chi connectivity index (χ4n) is 1.82. The molecule has 1 aromatic heterocycles. The van der Waals surface area contributed by atoms with Gasteiger partial charge in [-0.15, -0.1) is 6.42 Å². The number of rotatable bonds is 7. The Bertz CT molecular complexity index is 420. The predicted octanol–water partition coefficient (Wildman–Crippen LogP) is 1.58. The maximum atomic E-state index is 5.39. The molecular formula is C14H20N4. The lowest BCUT2D eigenvalue weighted by Crippen LogP contribution is -2.26. The largest absolute Gasteiger partial charge is 0.344 e. The molecule has 0 atom stereocenters.